The van der Waals surface area contributed by atoms with Gasteiger partial charge in [0.1, 0.15) is 0 Å². The van der Waals surface area contributed by atoms with Crippen LogP contribution in [0.15, 0.2) is 0 Å². The molecule has 0 aliphatic carbocycles. The smallest absolute Gasteiger partial charge is 0.665 e. The summed E-state index contributed by atoms with van der Waals surface area (Å²) in [6.07, 6.45) is 0. The van der Waals surface area contributed by atoms with Crippen LogP contribution in [0.1, 0.15) is 0 Å². The molecule has 0 radical (unpaired) electrons. The van der Waals surface area contributed by atoms with Gasteiger partial charge in [-0.3, -0.25) is 0 Å². The van der Waals surface area contributed by atoms with Crippen molar-refractivity contribution < 1.29 is 34.2 Å². The van der Waals surface area contributed by atoms with Gasteiger partial charge in [-0.1, -0.05) is 6.47 Å². The zero-order chi connectivity index (χ0) is 2.71. The first-order valence-electron chi connectivity index (χ1n) is 0.428. The van der Waals surface area contributed by atoms with Crippen molar-refractivity contribution in [1.82, 2.24) is 0 Å². The van der Waals surface area contributed by atoms with Crippen LogP contribution < -0.4 is 18.9 Å². The van der Waals surface area contributed by atoms with Crippen molar-refractivity contribution >= 4 is 6.47 Å². The largest absolute Gasteiger partial charge is 1.00 e. The van der Waals surface area contributed by atoms with E-state index in [1.54, 1.807) is 0 Å². The van der Waals surface area contributed by atoms with Gasteiger partial charge in [-0.15, -0.1) is 0 Å². The molecule has 0 aromatic heterocycles. The molecule has 0 unspecified atom stereocenters. The quantitative estimate of drug-likeness (QED) is 0.232. The summed E-state index contributed by atoms with van der Waals surface area (Å²) in [5.41, 5.74) is 0. The number of aliphatic hydroxyl groups excluding tert-OH is 1. The molecule has 0 fully saturated rings. The van der Waals surface area contributed by atoms with Crippen LogP contribution in [0.4, 0.5) is 0 Å². The Morgan fingerprint density at radius 1 is 1.60 bits per heavy atom. The Hall–Kier alpha value is 0.0274. The molecule has 0 aliphatic heterocycles. The molecule has 4 heteroatoms. The Labute approximate surface area is 41.5 Å². The van der Waals surface area contributed by atoms with Crippen LogP contribution in [-0.2, 0) is 4.79 Å². The van der Waals surface area contributed by atoms with Crippen molar-refractivity contribution in [2.24, 2.45) is 0 Å². The fourth-order valence-corrected chi connectivity index (χ4v) is 0. The molecular formula is CH3LiO3. The standard InChI is InChI=1S/CHO2.Li.H2O/c2-1-3;;/h(H,2,3);;1H2/q-1;+1;. The normalized spacial score (nSPS) is 2.40. The van der Waals surface area contributed by atoms with Gasteiger partial charge in [0.05, 0.1) is 0 Å². The number of hydrogen-bond acceptors (Lipinski definition) is 1. The van der Waals surface area contributed by atoms with Crippen molar-refractivity contribution in [3.63, 3.8) is 0 Å². The summed E-state index contributed by atoms with van der Waals surface area (Å²) < 4.78 is 0. The van der Waals surface area contributed by atoms with Crippen LogP contribution >= 0.6 is 0 Å². The van der Waals surface area contributed by atoms with E-state index < -0.39 is 0 Å². The van der Waals surface area contributed by atoms with Crippen LogP contribution in [0.2, 0.25) is 0 Å². The molecule has 0 saturated heterocycles. The Morgan fingerprint density at radius 3 is 1.60 bits per heavy atom. The second-order valence-electron chi connectivity index (χ2n) is 0.0913. The third kappa shape index (κ3) is 22000. The Morgan fingerprint density at radius 2 is 1.60 bits per heavy atom. The molecule has 0 aromatic carbocycles. The van der Waals surface area contributed by atoms with Crippen molar-refractivity contribution in [3.8, 4) is 0 Å². The SMILES string of the molecule is O.O=[C-]O.[Li+]. The number of hydrogen-bond donors (Lipinski definition) is 1. The first-order valence-corrected chi connectivity index (χ1v) is 0.428. The molecule has 3 N–H and O–H groups in total. The molecule has 0 aliphatic rings. The third-order valence-electron chi connectivity index (χ3n) is 0. The van der Waals surface area contributed by atoms with E-state index in [0.29, 0.717) is 6.47 Å². The minimum Gasteiger partial charge on any atom is -0.665 e. The van der Waals surface area contributed by atoms with E-state index in [1.807, 2.05) is 0 Å². The maximum atomic E-state index is 8.24. The maximum absolute atomic E-state index is 8.24. The minimum atomic E-state index is 0. The van der Waals surface area contributed by atoms with Crippen molar-refractivity contribution in [2.75, 3.05) is 0 Å². The molecule has 0 spiro atoms. The Bertz CT molecular complexity index is 14.4. The molecule has 0 bridgehead atoms. The fraction of sp³-hybridized carbons (Fsp3) is 0. The average molecular weight is 70.0 g/mol. The Balaban J connectivity index is -0.0000000200. The number of rotatable bonds is 0. The molecular weight excluding hydrogens is 66.9 g/mol. The summed E-state index contributed by atoms with van der Waals surface area (Å²) in [6, 6.07) is 0. The monoisotopic (exact) mass is 70.0 g/mol. The average Bonchev–Trinajstić information content (AvgIpc) is 0.918. The van der Waals surface area contributed by atoms with Gasteiger partial charge in [0.2, 0.25) is 0 Å². The van der Waals surface area contributed by atoms with Crippen molar-refractivity contribution in [2.45, 2.75) is 0 Å². The van der Waals surface area contributed by atoms with Gasteiger partial charge in [0.25, 0.3) is 0 Å². The van der Waals surface area contributed by atoms with Crippen molar-refractivity contribution in [1.29, 1.82) is 0 Å². The van der Waals surface area contributed by atoms with E-state index in [4.69, 9.17) is 9.90 Å². The van der Waals surface area contributed by atoms with E-state index in [2.05, 4.69) is 0 Å². The van der Waals surface area contributed by atoms with Crippen LogP contribution in [-0.4, -0.2) is 17.1 Å². The van der Waals surface area contributed by atoms with E-state index in [9.17, 15) is 0 Å². The van der Waals surface area contributed by atoms with Gasteiger partial charge >= 0.3 is 18.9 Å². The fourth-order valence-electron chi connectivity index (χ4n) is 0. The second-order valence-corrected chi connectivity index (χ2v) is 0.0913. The molecule has 5 heavy (non-hydrogen) atoms. The first kappa shape index (κ1) is 19.8. The summed E-state index contributed by atoms with van der Waals surface area (Å²) in [6.45, 7) is 0.500. The van der Waals surface area contributed by atoms with E-state index in [0.717, 1.165) is 0 Å². The predicted molar refractivity (Wildman–Crippen MR) is 11.9 cm³/mol. The molecule has 0 amide bonds. The van der Waals surface area contributed by atoms with E-state index in [-0.39, 0.29) is 24.3 Å². The molecule has 0 rings (SSSR count). The second kappa shape index (κ2) is 35.0. The molecule has 26 valence electrons. The summed E-state index contributed by atoms with van der Waals surface area (Å²) in [7, 11) is 0. The predicted octanol–water partition coefficient (Wildman–Crippen LogP) is -4.21. The van der Waals surface area contributed by atoms with Crippen LogP contribution in [0, 0.1) is 0 Å². The topological polar surface area (TPSA) is 68.8 Å². The molecule has 0 aromatic rings. The maximum Gasteiger partial charge on any atom is 1.00 e. The van der Waals surface area contributed by atoms with Gasteiger partial charge in [-0.05, 0) is 0 Å². The van der Waals surface area contributed by atoms with Crippen LogP contribution in [0.5, 0.6) is 0 Å². The van der Waals surface area contributed by atoms with Crippen molar-refractivity contribution in [3.05, 3.63) is 0 Å². The van der Waals surface area contributed by atoms with Gasteiger partial charge < -0.3 is 15.4 Å². The van der Waals surface area contributed by atoms with Crippen LogP contribution in [0.25, 0.3) is 0 Å². The summed E-state index contributed by atoms with van der Waals surface area (Å²) >= 11 is 0. The van der Waals surface area contributed by atoms with Gasteiger partial charge in [0.15, 0.2) is 0 Å². The summed E-state index contributed by atoms with van der Waals surface area (Å²) in [5.74, 6) is 0. The summed E-state index contributed by atoms with van der Waals surface area (Å²) in [4.78, 5) is 8.24. The Kier molecular flexibility index (Phi) is 139. The van der Waals surface area contributed by atoms with Crippen LogP contribution in [0.3, 0.4) is 0 Å². The summed E-state index contributed by atoms with van der Waals surface area (Å²) in [5, 5.41) is 6.76. The molecule has 0 heterocycles. The zero-order valence-corrected chi connectivity index (χ0v) is 2.86. The third-order valence-corrected chi connectivity index (χ3v) is 0. The molecule has 0 saturated carbocycles. The van der Waals surface area contributed by atoms with Gasteiger partial charge in [-0.25, -0.2) is 0 Å². The molecule has 3 nitrogen and oxygen atoms in total. The van der Waals surface area contributed by atoms with E-state index in [1.165, 1.54) is 0 Å². The first-order chi connectivity index (χ1) is 1.41. The van der Waals surface area contributed by atoms with Gasteiger partial charge in [0, 0.05) is 0 Å². The van der Waals surface area contributed by atoms with E-state index >= 15 is 0 Å². The van der Waals surface area contributed by atoms with Gasteiger partial charge in [-0.2, -0.15) is 0 Å². The molecule has 0 atom stereocenters. The minimum absolute atomic E-state index is 0. The zero-order valence-electron chi connectivity index (χ0n) is 2.86.